The SMILES string of the molecule is CC(C)(C)C(=O)C1CCC(C(C)(C)C)CC1.CC(C)(C)Cc1noc(C(C)(C)C)n1. The summed E-state index contributed by atoms with van der Waals surface area (Å²) in [7, 11) is 0. The largest absolute Gasteiger partial charge is 0.339 e. The van der Waals surface area contributed by atoms with Crippen LogP contribution >= 0.6 is 0 Å². The van der Waals surface area contributed by atoms with Gasteiger partial charge in [0.15, 0.2) is 5.82 Å². The van der Waals surface area contributed by atoms with Gasteiger partial charge in [0, 0.05) is 23.2 Å². The molecular formula is C26H48N2O2. The van der Waals surface area contributed by atoms with Crippen LogP contribution in [0.15, 0.2) is 4.52 Å². The highest BCUT2D eigenvalue weighted by molar-refractivity contribution is 5.86. The van der Waals surface area contributed by atoms with Gasteiger partial charge in [-0.15, -0.1) is 0 Å². The summed E-state index contributed by atoms with van der Waals surface area (Å²) in [4.78, 5) is 16.6. The second-order valence-electron chi connectivity index (χ2n) is 13.5. The van der Waals surface area contributed by atoms with E-state index in [4.69, 9.17) is 4.52 Å². The predicted octanol–water partition coefficient (Wildman–Crippen LogP) is 7.41. The van der Waals surface area contributed by atoms with Gasteiger partial charge < -0.3 is 4.52 Å². The molecule has 0 atom stereocenters. The Bertz CT molecular complexity index is 668. The normalized spacial score (nSPS) is 21.1. The maximum atomic E-state index is 12.2. The summed E-state index contributed by atoms with van der Waals surface area (Å²) in [6, 6.07) is 0. The van der Waals surface area contributed by atoms with Crippen molar-refractivity contribution in [3.8, 4) is 0 Å². The fourth-order valence-corrected chi connectivity index (χ4v) is 3.94. The van der Waals surface area contributed by atoms with Crippen LogP contribution in [0.2, 0.25) is 0 Å². The zero-order valence-electron chi connectivity index (χ0n) is 21.9. The molecule has 4 heteroatoms. The molecule has 2 rings (SSSR count). The molecule has 0 aromatic carbocycles. The predicted molar refractivity (Wildman–Crippen MR) is 126 cm³/mol. The van der Waals surface area contributed by atoms with E-state index in [9.17, 15) is 4.79 Å². The molecule has 30 heavy (non-hydrogen) atoms. The standard InChI is InChI=1S/C15H28O.C11H20N2O/c1-14(2,3)12-9-7-11(8-10-12)13(16)15(4,5)6;1-10(2,3)7-8-12-9(14-13-8)11(4,5)6/h11-12H,7-10H2,1-6H3;7H2,1-6H3. The molecule has 0 amide bonds. The first-order valence-electron chi connectivity index (χ1n) is 11.7. The first kappa shape index (κ1) is 26.8. The highest BCUT2D eigenvalue weighted by Gasteiger charge is 2.35. The molecule has 1 aromatic rings. The van der Waals surface area contributed by atoms with Crippen molar-refractivity contribution in [2.45, 2.75) is 121 Å². The molecule has 0 spiro atoms. The Hall–Kier alpha value is -1.19. The topological polar surface area (TPSA) is 56.0 Å². The van der Waals surface area contributed by atoms with Crippen molar-refractivity contribution in [1.29, 1.82) is 0 Å². The van der Waals surface area contributed by atoms with E-state index in [2.05, 4.69) is 72.5 Å². The Labute approximate surface area is 186 Å². The lowest BCUT2D eigenvalue weighted by Gasteiger charge is -2.38. The Morgan fingerprint density at radius 2 is 1.37 bits per heavy atom. The van der Waals surface area contributed by atoms with Crippen LogP contribution in [0.5, 0.6) is 0 Å². The zero-order chi connectivity index (χ0) is 23.5. The minimum atomic E-state index is -0.154. The van der Waals surface area contributed by atoms with Crippen molar-refractivity contribution in [1.82, 2.24) is 10.1 Å². The Kier molecular flexibility index (Phi) is 8.52. The van der Waals surface area contributed by atoms with E-state index in [0.717, 1.165) is 36.9 Å². The third kappa shape index (κ3) is 8.89. The smallest absolute Gasteiger partial charge is 0.232 e. The fraction of sp³-hybridized carbons (Fsp3) is 0.885. The number of ketones is 1. The average molecular weight is 421 g/mol. The zero-order valence-corrected chi connectivity index (χ0v) is 21.9. The minimum absolute atomic E-state index is 0.0524. The van der Waals surface area contributed by atoms with Gasteiger partial charge >= 0.3 is 0 Å². The molecule has 1 heterocycles. The number of carbonyl (C=O) groups is 1. The third-order valence-corrected chi connectivity index (χ3v) is 5.86. The molecular weight excluding hydrogens is 372 g/mol. The first-order valence-corrected chi connectivity index (χ1v) is 11.7. The van der Waals surface area contributed by atoms with Crippen LogP contribution in [0.4, 0.5) is 0 Å². The number of rotatable bonds is 2. The van der Waals surface area contributed by atoms with Crippen molar-refractivity contribution in [3.05, 3.63) is 11.7 Å². The van der Waals surface area contributed by atoms with Gasteiger partial charge in [-0.1, -0.05) is 88.2 Å². The molecule has 0 N–H and O–H groups in total. The summed E-state index contributed by atoms with van der Waals surface area (Å²) in [6.45, 7) is 25.8. The van der Waals surface area contributed by atoms with Gasteiger partial charge in [-0.25, -0.2) is 0 Å². The number of hydrogen-bond acceptors (Lipinski definition) is 4. The van der Waals surface area contributed by atoms with Gasteiger partial charge in [-0.05, 0) is 42.4 Å². The minimum Gasteiger partial charge on any atom is -0.339 e. The van der Waals surface area contributed by atoms with Crippen molar-refractivity contribution in [2.75, 3.05) is 0 Å². The summed E-state index contributed by atoms with van der Waals surface area (Å²) in [5.74, 6) is 3.13. The lowest BCUT2D eigenvalue weighted by atomic mass is 9.67. The third-order valence-electron chi connectivity index (χ3n) is 5.86. The van der Waals surface area contributed by atoms with Crippen LogP contribution in [-0.4, -0.2) is 15.9 Å². The summed E-state index contributed by atoms with van der Waals surface area (Å²) in [5, 5.41) is 3.98. The van der Waals surface area contributed by atoms with Gasteiger partial charge in [0.1, 0.15) is 5.78 Å². The van der Waals surface area contributed by atoms with E-state index in [1.54, 1.807) is 0 Å². The monoisotopic (exact) mass is 420 g/mol. The van der Waals surface area contributed by atoms with Crippen LogP contribution < -0.4 is 0 Å². The van der Waals surface area contributed by atoms with E-state index in [1.807, 2.05) is 20.8 Å². The van der Waals surface area contributed by atoms with E-state index in [1.165, 1.54) is 12.8 Å². The van der Waals surface area contributed by atoms with Gasteiger partial charge in [0.25, 0.3) is 0 Å². The molecule has 1 aliphatic rings. The van der Waals surface area contributed by atoms with Gasteiger partial charge in [-0.3, -0.25) is 4.79 Å². The van der Waals surface area contributed by atoms with E-state index in [-0.39, 0.29) is 16.2 Å². The number of Topliss-reactive ketones (excluding diaryl/α,β-unsaturated/α-hetero) is 1. The summed E-state index contributed by atoms with van der Waals surface area (Å²) < 4.78 is 5.21. The van der Waals surface area contributed by atoms with E-state index >= 15 is 0 Å². The van der Waals surface area contributed by atoms with Crippen LogP contribution in [0.3, 0.4) is 0 Å². The summed E-state index contributed by atoms with van der Waals surface area (Å²) in [5.41, 5.74) is 0.414. The molecule has 174 valence electrons. The highest BCUT2D eigenvalue weighted by atomic mass is 16.5. The summed E-state index contributed by atoms with van der Waals surface area (Å²) in [6.07, 6.45) is 5.54. The number of carbonyl (C=O) groups excluding carboxylic acids is 1. The van der Waals surface area contributed by atoms with Gasteiger partial charge in [0.05, 0.1) is 0 Å². The van der Waals surface area contributed by atoms with Crippen LogP contribution in [0, 0.1) is 28.1 Å². The Morgan fingerprint density at radius 3 is 1.70 bits per heavy atom. The van der Waals surface area contributed by atoms with Crippen molar-refractivity contribution >= 4 is 5.78 Å². The lowest BCUT2D eigenvalue weighted by Crippen LogP contribution is -2.33. The average Bonchev–Trinajstić information content (AvgIpc) is 3.00. The lowest BCUT2D eigenvalue weighted by molar-refractivity contribution is -0.132. The molecule has 1 aromatic heterocycles. The maximum Gasteiger partial charge on any atom is 0.232 e. The molecule has 4 nitrogen and oxygen atoms in total. The second kappa shape index (κ2) is 9.53. The highest BCUT2D eigenvalue weighted by Crippen LogP contribution is 2.41. The number of hydrogen-bond donors (Lipinski definition) is 0. The molecule has 1 fully saturated rings. The molecule has 1 saturated carbocycles. The number of aromatic nitrogens is 2. The maximum absolute atomic E-state index is 12.2. The van der Waals surface area contributed by atoms with Crippen LogP contribution in [-0.2, 0) is 16.6 Å². The molecule has 0 aliphatic heterocycles. The molecule has 0 unspecified atom stereocenters. The molecule has 0 radical (unpaired) electrons. The molecule has 1 aliphatic carbocycles. The van der Waals surface area contributed by atoms with Crippen molar-refractivity contribution in [2.24, 2.45) is 28.1 Å². The Morgan fingerprint density at radius 1 is 0.867 bits per heavy atom. The van der Waals surface area contributed by atoms with Crippen LogP contribution in [0.25, 0.3) is 0 Å². The van der Waals surface area contributed by atoms with Crippen molar-refractivity contribution < 1.29 is 9.32 Å². The fourth-order valence-electron chi connectivity index (χ4n) is 3.94. The number of nitrogens with zero attached hydrogens (tertiary/aromatic N) is 2. The summed E-state index contributed by atoms with van der Waals surface area (Å²) >= 11 is 0. The first-order chi connectivity index (χ1) is 13.3. The Balaban J connectivity index is 0.000000303. The van der Waals surface area contributed by atoms with E-state index in [0.29, 0.717) is 17.1 Å². The van der Waals surface area contributed by atoms with Gasteiger partial charge in [0.2, 0.25) is 5.89 Å². The van der Waals surface area contributed by atoms with Gasteiger partial charge in [-0.2, -0.15) is 4.98 Å². The quantitative estimate of drug-likeness (QED) is 0.500. The van der Waals surface area contributed by atoms with Crippen LogP contribution in [0.1, 0.15) is 120 Å². The van der Waals surface area contributed by atoms with Crippen molar-refractivity contribution in [3.63, 3.8) is 0 Å². The van der Waals surface area contributed by atoms with E-state index < -0.39 is 0 Å². The molecule has 0 bridgehead atoms. The molecule has 0 saturated heterocycles. The second-order valence-corrected chi connectivity index (χ2v) is 13.5.